The molecule has 1 aliphatic rings. The number of halogens is 3. The minimum absolute atomic E-state index is 0.130. The molecule has 1 fully saturated rings. The highest BCUT2D eigenvalue weighted by Crippen LogP contribution is 2.37. The number of carboxylic acid groups (broad SMARTS) is 1. The number of likely N-dealkylation sites (tertiary alicyclic amines) is 1. The van der Waals surface area contributed by atoms with E-state index in [0.717, 1.165) is 4.90 Å². The molecule has 1 aromatic carbocycles. The third kappa shape index (κ3) is 3.95. The number of alkyl halides is 3. The zero-order valence-electron chi connectivity index (χ0n) is 12.4. The van der Waals surface area contributed by atoms with Crippen molar-refractivity contribution in [2.45, 2.75) is 12.6 Å². The molecule has 2 rings (SSSR count). The number of hydrogen-bond acceptors (Lipinski definition) is 3. The second kappa shape index (κ2) is 6.78. The highest BCUT2D eigenvalue weighted by Gasteiger charge is 2.53. The van der Waals surface area contributed by atoms with Gasteiger partial charge in [-0.25, -0.2) is 4.79 Å². The molecule has 9 heteroatoms. The molecular weight excluding hydrogens is 327 g/mol. The van der Waals surface area contributed by atoms with Gasteiger partial charge in [-0.15, -0.1) is 0 Å². The van der Waals surface area contributed by atoms with Gasteiger partial charge in [0.15, 0.2) is 0 Å². The Kier molecular flexibility index (Phi) is 4.97. The lowest BCUT2D eigenvalue weighted by atomic mass is 9.96. The second-order valence-electron chi connectivity index (χ2n) is 5.46. The number of urea groups is 1. The second-order valence-corrected chi connectivity index (χ2v) is 5.46. The molecular formula is C15H14F3N3O3. The first-order chi connectivity index (χ1) is 11.2. The van der Waals surface area contributed by atoms with Crippen molar-refractivity contribution in [1.82, 2.24) is 4.90 Å². The monoisotopic (exact) mass is 341 g/mol. The third-order valence-electron chi connectivity index (χ3n) is 3.81. The molecule has 0 spiro atoms. The summed E-state index contributed by atoms with van der Waals surface area (Å²) in [5, 5.41) is 20.0. The number of carbonyl (C=O) groups excluding carboxylic acids is 1. The lowest BCUT2D eigenvalue weighted by Gasteiger charge is -2.18. The van der Waals surface area contributed by atoms with Crippen LogP contribution in [0.3, 0.4) is 0 Å². The molecule has 1 aliphatic heterocycles. The molecule has 0 radical (unpaired) electrons. The molecule has 0 aromatic heterocycles. The zero-order valence-corrected chi connectivity index (χ0v) is 12.4. The van der Waals surface area contributed by atoms with Gasteiger partial charge in [0.1, 0.15) is 0 Å². The summed E-state index contributed by atoms with van der Waals surface area (Å²) < 4.78 is 38.8. The van der Waals surface area contributed by atoms with Gasteiger partial charge in [-0.3, -0.25) is 4.79 Å². The average molecular weight is 341 g/mol. The Labute approximate surface area is 135 Å². The summed E-state index contributed by atoms with van der Waals surface area (Å²) in [5.41, 5.74) is 0.975. The van der Waals surface area contributed by atoms with Crippen LogP contribution < -0.4 is 5.32 Å². The van der Waals surface area contributed by atoms with E-state index in [1.807, 2.05) is 6.07 Å². The van der Waals surface area contributed by atoms with E-state index < -0.39 is 43.1 Å². The topological polar surface area (TPSA) is 93.4 Å². The Bertz CT molecular complexity index is 685. The molecule has 0 unspecified atom stereocenters. The van der Waals surface area contributed by atoms with Gasteiger partial charge < -0.3 is 15.3 Å². The molecule has 1 saturated heterocycles. The number of aliphatic carboxylic acids is 1. The van der Waals surface area contributed by atoms with Crippen molar-refractivity contribution in [2.24, 2.45) is 11.8 Å². The van der Waals surface area contributed by atoms with E-state index in [0.29, 0.717) is 11.3 Å². The van der Waals surface area contributed by atoms with Gasteiger partial charge in [0.2, 0.25) is 0 Å². The third-order valence-corrected chi connectivity index (χ3v) is 3.81. The summed E-state index contributed by atoms with van der Waals surface area (Å²) in [6.07, 6.45) is -4.56. The van der Waals surface area contributed by atoms with Crippen LogP contribution in [0, 0.1) is 23.2 Å². The fraction of sp³-hybridized carbons (Fsp3) is 0.400. The highest BCUT2D eigenvalue weighted by molar-refractivity contribution is 5.90. The maximum absolute atomic E-state index is 12.9. The van der Waals surface area contributed by atoms with E-state index in [-0.39, 0.29) is 6.42 Å². The van der Waals surface area contributed by atoms with Crippen molar-refractivity contribution in [2.75, 3.05) is 18.4 Å². The fourth-order valence-corrected chi connectivity index (χ4v) is 2.60. The van der Waals surface area contributed by atoms with Gasteiger partial charge in [0, 0.05) is 18.8 Å². The van der Waals surface area contributed by atoms with Gasteiger partial charge in [0.05, 0.1) is 24.3 Å². The fourth-order valence-electron chi connectivity index (χ4n) is 2.60. The first-order valence-corrected chi connectivity index (χ1v) is 7.03. The largest absolute Gasteiger partial charge is 0.481 e. The number of amides is 2. The number of nitrogens with one attached hydrogen (secondary N) is 1. The van der Waals surface area contributed by atoms with Crippen molar-refractivity contribution in [3.05, 3.63) is 29.8 Å². The van der Waals surface area contributed by atoms with Crippen molar-refractivity contribution in [3.8, 4) is 6.07 Å². The van der Waals surface area contributed by atoms with Crippen LogP contribution in [0.4, 0.5) is 23.7 Å². The van der Waals surface area contributed by atoms with E-state index in [2.05, 4.69) is 5.32 Å². The van der Waals surface area contributed by atoms with Crippen LogP contribution in [-0.4, -0.2) is 41.3 Å². The number of benzene rings is 1. The predicted molar refractivity (Wildman–Crippen MR) is 77.0 cm³/mol. The highest BCUT2D eigenvalue weighted by atomic mass is 19.4. The van der Waals surface area contributed by atoms with E-state index >= 15 is 0 Å². The summed E-state index contributed by atoms with van der Waals surface area (Å²) in [6.45, 7) is -1.21. The number of nitriles is 1. The van der Waals surface area contributed by atoms with E-state index in [9.17, 15) is 22.8 Å². The number of rotatable bonds is 3. The van der Waals surface area contributed by atoms with Crippen molar-refractivity contribution >= 4 is 17.7 Å². The Morgan fingerprint density at radius 1 is 1.38 bits per heavy atom. The lowest BCUT2D eigenvalue weighted by molar-refractivity contribution is -0.187. The minimum Gasteiger partial charge on any atom is -0.481 e. The van der Waals surface area contributed by atoms with Crippen LogP contribution in [0.5, 0.6) is 0 Å². The normalized spacial score (nSPS) is 20.5. The number of hydrogen-bond donors (Lipinski definition) is 2. The van der Waals surface area contributed by atoms with Gasteiger partial charge >= 0.3 is 18.2 Å². The smallest absolute Gasteiger partial charge is 0.394 e. The van der Waals surface area contributed by atoms with Gasteiger partial charge in [-0.05, 0) is 17.7 Å². The van der Waals surface area contributed by atoms with Crippen LogP contribution in [-0.2, 0) is 11.2 Å². The quantitative estimate of drug-likeness (QED) is 0.883. The van der Waals surface area contributed by atoms with Crippen LogP contribution in [0.2, 0.25) is 0 Å². The van der Waals surface area contributed by atoms with Crippen molar-refractivity contribution < 1.29 is 27.9 Å². The van der Waals surface area contributed by atoms with E-state index in [4.69, 9.17) is 10.4 Å². The number of carbonyl (C=O) groups is 2. The van der Waals surface area contributed by atoms with Gasteiger partial charge in [-0.2, -0.15) is 18.4 Å². The Morgan fingerprint density at radius 2 is 2.08 bits per heavy atom. The number of nitrogens with zero attached hydrogens (tertiary/aromatic N) is 2. The van der Waals surface area contributed by atoms with Gasteiger partial charge in [-0.1, -0.05) is 12.1 Å². The summed E-state index contributed by atoms with van der Waals surface area (Å²) >= 11 is 0. The SMILES string of the molecule is N#CCc1cccc(NC(=O)N2C[C@@H](C(F)(F)F)[C@H](C(=O)O)C2)c1. The molecule has 0 aliphatic carbocycles. The Hall–Kier alpha value is -2.76. The molecule has 2 atom stereocenters. The molecule has 1 heterocycles. The summed E-state index contributed by atoms with van der Waals surface area (Å²) in [6, 6.07) is 7.49. The molecule has 24 heavy (non-hydrogen) atoms. The summed E-state index contributed by atoms with van der Waals surface area (Å²) in [5.74, 6) is -5.35. The maximum Gasteiger partial charge on any atom is 0.394 e. The molecule has 2 N–H and O–H groups in total. The number of anilines is 1. The Balaban J connectivity index is 2.09. The molecule has 128 valence electrons. The number of carboxylic acids is 1. The first kappa shape index (κ1) is 17.6. The summed E-state index contributed by atoms with van der Waals surface area (Å²) in [7, 11) is 0. The molecule has 0 saturated carbocycles. The standard InChI is InChI=1S/C15H14F3N3O3/c16-15(17,18)12-8-21(7-11(12)13(22)23)14(24)20-10-3-1-2-9(6-10)4-5-19/h1-3,6,11-12H,4,7-8H2,(H,20,24)(H,22,23)/t11-,12-/m1/s1. The van der Waals surface area contributed by atoms with Crippen LogP contribution >= 0.6 is 0 Å². The average Bonchev–Trinajstić information content (AvgIpc) is 2.93. The van der Waals surface area contributed by atoms with Crippen molar-refractivity contribution in [1.29, 1.82) is 5.26 Å². The van der Waals surface area contributed by atoms with Crippen LogP contribution in [0.25, 0.3) is 0 Å². The predicted octanol–water partition coefficient (Wildman–Crippen LogP) is 2.48. The molecule has 2 amide bonds. The molecule has 1 aromatic rings. The first-order valence-electron chi connectivity index (χ1n) is 7.03. The summed E-state index contributed by atoms with van der Waals surface area (Å²) in [4.78, 5) is 24.0. The van der Waals surface area contributed by atoms with Crippen LogP contribution in [0.1, 0.15) is 5.56 Å². The van der Waals surface area contributed by atoms with E-state index in [1.165, 1.54) is 12.1 Å². The van der Waals surface area contributed by atoms with Gasteiger partial charge in [0.25, 0.3) is 0 Å². The maximum atomic E-state index is 12.9. The Morgan fingerprint density at radius 3 is 2.62 bits per heavy atom. The minimum atomic E-state index is -4.69. The molecule has 6 nitrogen and oxygen atoms in total. The van der Waals surface area contributed by atoms with Crippen molar-refractivity contribution in [3.63, 3.8) is 0 Å². The zero-order chi connectivity index (χ0) is 17.9. The molecule has 0 bridgehead atoms. The van der Waals surface area contributed by atoms with Crippen LogP contribution in [0.15, 0.2) is 24.3 Å². The van der Waals surface area contributed by atoms with E-state index in [1.54, 1.807) is 12.1 Å². The lowest BCUT2D eigenvalue weighted by Crippen LogP contribution is -2.35.